The number of imide groups is 1. The van der Waals surface area contributed by atoms with Crippen LogP contribution in [0, 0.1) is 17.5 Å². The summed E-state index contributed by atoms with van der Waals surface area (Å²) >= 11 is 0.669. The van der Waals surface area contributed by atoms with E-state index < -0.39 is 34.3 Å². The van der Waals surface area contributed by atoms with Gasteiger partial charge in [-0.3, -0.25) is 14.5 Å². The van der Waals surface area contributed by atoms with Gasteiger partial charge in [0.15, 0.2) is 23.2 Å². The number of rotatable bonds is 3. The Morgan fingerprint density at radius 1 is 1.00 bits per heavy atom. The lowest BCUT2D eigenvalue weighted by molar-refractivity contribution is -0.123. The standard InChI is InChI=1S/C17H10F3NO3S/c18-11-3-2-10(5-13(11)20)8-21-16(23)15(25-17(21)24)7-9-1-4-12(19)14(22)6-9/h1-7,22H,8H2. The predicted molar refractivity (Wildman–Crippen MR) is 85.9 cm³/mol. The molecular weight excluding hydrogens is 355 g/mol. The highest BCUT2D eigenvalue weighted by atomic mass is 32.2. The van der Waals surface area contributed by atoms with Gasteiger partial charge in [-0.05, 0) is 53.2 Å². The number of carbonyl (C=O) groups is 2. The van der Waals surface area contributed by atoms with Crippen LogP contribution >= 0.6 is 11.8 Å². The number of amides is 2. The molecule has 2 aromatic rings. The fourth-order valence-electron chi connectivity index (χ4n) is 2.23. The van der Waals surface area contributed by atoms with Gasteiger partial charge in [0.05, 0.1) is 11.4 Å². The lowest BCUT2D eigenvalue weighted by atomic mass is 10.2. The van der Waals surface area contributed by atoms with Crippen molar-refractivity contribution in [3.8, 4) is 5.75 Å². The van der Waals surface area contributed by atoms with Crippen LogP contribution in [0.2, 0.25) is 0 Å². The topological polar surface area (TPSA) is 57.6 Å². The molecule has 25 heavy (non-hydrogen) atoms. The van der Waals surface area contributed by atoms with E-state index in [-0.39, 0.29) is 17.0 Å². The van der Waals surface area contributed by atoms with Gasteiger partial charge < -0.3 is 5.11 Å². The first-order valence-corrected chi connectivity index (χ1v) is 7.84. The zero-order valence-corrected chi connectivity index (χ0v) is 13.3. The summed E-state index contributed by atoms with van der Waals surface area (Å²) in [5, 5.41) is 8.78. The smallest absolute Gasteiger partial charge is 0.293 e. The van der Waals surface area contributed by atoms with Crippen LogP contribution in [0.25, 0.3) is 6.08 Å². The number of phenols is 1. The van der Waals surface area contributed by atoms with Crippen LogP contribution in [-0.4, -0.2) is 21.2 Å². The number of aromatic hydroxyl groups is 1. The van der Waals surface area contributed by atoms with Gasteiger partial charge in [-0.2, -0.15) is 0 Å². The summed E-state index contributed by atoms with van der Waals surface area (Å²) in [6.45, 7) is -0.201. The number of thioether (sulfide) groups is 1. The molecule has 1 heterocycles. The monoisotopic (exact) mass is 365 g/mol. The van der Waals surface area contributed by atoms with Crippen molar-refractivity contribution in [3.63, 3.8) is 0 Å². The van der Waals surface area contributed by atoms with Gasteiger partial charge in [0.2, 0.25) is 0 Å². The SMILES string of the molecule is O=C1SC(=Cc2ccc(F)c(O)c2)C(=O)N1Cc1ccc(F)c(F)c1. The summed E-state index contributed by atoms with van der Waals surface area (Å²) in [5.74, 6) is -4.07. The molecule has 0 aromatic heterocycles. The normalized spacial score (nSPS) is 16.1. The molecular formula is C17H10F3NO3S. The molecule has 1 aliphatic heterocycles. The van der Waals surface area contributed by atoms with E-state index in [2.05, 4.69) is 0 Å². The second-order valence-corrected chi connectivity index (χ2v) is 6.22. The average molecular weight is 365 g/mol. The molecule has 0 saturated carbocycles. The molecule has 2 aromatic carbocycles. The van der Waals surface area contributed by atoms with E-state index in [1.807, 2.05) is 0 Å². The Kier molecular flexibility index (Phi) is 4.54. The minimum atomic E-state index is -1.07. The van der Waals surface area contributed by atoms with Crippen LogP contribution in [0.15, 0.2) is 41.3 Å². The van der Waals surface area contributed by atoms with Crippen LogP contribution in [0.1, 0.15) is 11.1 Å². The highest BCUT2D eigenvalue weighted by Gasteiger charge is 2.35. The third-order valence-corrected chi connectivity index (χ3v) is 4.37. The van der Waals surface area contributed by atoms with E-state index in [0.717, 1.165) is 29.2 Å². The highest BCUT2D eigenvalue weighted by Crippen LogP contribution is 2.34. The molecule has 1 fully saturated rings. The van der Waals surface area contributed by atoms with Gasteiger partial charge in [0, 0.05) is 0 Å². The first-order valence-electron chi connectivity index (χ1n) is 7.03. The van der Waals surface area contributed by atoms with Crippen LogP contribution in [-0.2, 0) is 11.3 Å². The zero-order valence-electron chi connectivity index (χ0n) is 12.5. The molecule has 0 atom stereocenters. The number of nitrogens with zero attached hydrogens (tertiary/aromatic N) is 1. The molecule has 0 unspecified atom stereocenters. The van der Waals surface area contributed by atoms with Crippen LogP contribution < -0.4 is 0 Å². The summed E-state index contributed by atoms with van der Waals surface area (Å²) in [6, 6.07) is 6.62. The minimum Gasteiger partial charge on any atom is -0.505 e. The molecule has 0 bridgehead atoms. The molecule has 0 spiro atoms. The van der Waals surface area contributed by atoms with Crippen molar-refractivity contribution in [1.82, 2.24) is 4.90 Å². The van der Waals surface area contributed by atoms with Crippen molar-refractivity contribution in [2.24, 2.45) is 0 Å². The first kappa shape index (κ1) is 17.1. The Hall–Kier alpha value is -2.74. The number of benzene rings is 2. The third-order valence-electron chi connectivity index (χ3n) is 3.47. The van der Waals surface area contributed by atoms with E-state index in [4.69, 9.17) is 0 Å². The molecule has 1 saturated heterocycles. The van der Waals surface area contributed by atoms with Gasteiger partial charge in [0.1, 0.15) is 0 Å². The summed E-state index contributed by atoms with van der Waals surface area (Å²) in [6.07, 6.45) is 1.34. The van der Waals surface area contributed by atoms with Crippen LogP contribution in [0.5, 0.6) is 5.75 Å². The van der Waals surface area contributed by atoms with Gasteiger partial charge in [0.25, 0.3) is 11.1 Å². The van der Waals surface area contributed by atoms with Gasteiger partial charge in [-0.1, -0.05) is 12.1 Å². The van der Waals surface area contributed by atoms with E-state index in [9.17, 15) is 27.9 Å². The summed E-state index contributed by atoms with van der Waals surface area (Å²) in [7, 11) is 0. The van der Waals surface area contributed by atoms with E-state index in [0.29, 0.717) is 17.3 Å². The highest BCUT2D eigenvalue weighted by molar-refractivity contribution is 8.18. The Labute approximate surface area is 144 Å². The van der Waals surface area contributed by atoms with E-state index in [1.165, 1.54) is 18.2 Å². The quantitative estimate of drug-likeness (QED) is 0.834. The largest absolute Gasteiger partial charge is 0.505 e. The molecule has 4 nitrogen and oxygen atoms in total. The molecule has 128 valence electrons. The minimum absolute atomic E-state index is 0.0820. The van der Waals surface area contributed by atoms with Crippen molar-refractivity contribution < 1.29 is 27.9 Å². The van der Waals surface area contributed by atoms with Gasteiger partial charge in [-0.15, -0.1) is 0 Å². The molecule has 3 rings (SSSR count). The third kappa shape index (κ3) is 3.53. The zero-order chi connectivity index (χ0) is 18.1. The fourth-order valence-corrected chi connectivity index (χ4v) is 3.07. The number of halogens is 3. The van der Waals surface area contributed by atoms with E-state index >= 15 is 0 Å². The molecule has 0 radical (unpaired) electrons. The van der Waals surface area contributed by atoms with E-state index in [1.54, 1.807) is 0 Å². The lowest BCUT2D eigenvalue weighted by Crippen LogP contribution is -2.27. The predicted octanol–water partition coefficient (Wildman–Crippen LogP) is 4.05. The average Bonchev–Trinajstić information content (AvgIpc) is 2.82. The molecule has 1 aliphatic rings. The summed E-state index contributed by atoms with van der Waals surface area (Å²) in [5.41, 5.74) is 0.610. The second kappa shape index (κ2) is 6.64. The maximum atomic E-state index is 13.2. The lowest BCUT2D eigenvalue weighted by Gasteiger charge is -2.12. The van der Waals surface area contributed by atoms with Crippen molar-refractivity contribution >= 4 is 29.0 Å². The number of carbonyl (C=O) groups excluding carboxylic acids is 2. The van der Waals surface area contributed by atoms with Crippen molar-refractivity contribution in [1.29, 1.82) is 0 Å². The van der Waals surface area contributed by atoms with Crippen molar-refractivity contribution in [2.45, 2.75) is 6.54 Å². The Balaban J connectivity index is 1.83. The molecule has 8 heteroatoms. The Bertz CT molecular complexity index is 914. The summed E-state index contributed by atoms with van der Waals surface area (Å²) < 4.78 is 39.2. The maximum absolute atomic E-state index is 13.2. The second-order valence-electron chi connectivity index (χ2n) is 5.23. The maximum Gasteiger partial charge on any atom is 0.293 e. The molecule has 0 aliphatic carbocycles. The number of phenolic OH excluding ortho intramolecular Hbond substituents is 1. The number of hydrogen-bond acceptors (Lipinski definition) is 4. The molecule has 1 N–H and O–H groups in total. The van der Waals surface area contributed by atoms with Crippen molar-refractivity contribution in [2.75, 3.05) is 0 Å². The fraction of sp³-hybridized carbons (Fsp3) is 0.0588. The van der Waals surface area contributed by atoms with Gasteiger partial charge in [-0.25, -0.2) is 13.2 Å². The number of hydrogen-bond donors (Lipinski definition) is 1. The van der Waals surface area contributed by atoms with Gasteiger partial charge >= 0.3 is 0 Å². The van der Waals surface area contributed by atoms with Crippen molar-refractivity contribution in [3.05, 3.63) is 69.9 Å². The molecule has 2 amide bonds. The van der Waals surface area contributed by atoms with Crippen LogP contribution in [0.4, 0.5) is 18.0 Å². The Morgan fingerprint density at radius 3 is 2.40 bits per heavy atom. The summed E-state index contributed by atoms with van der Waals surface area (Å²) in [4.78, 5) is 25.3. The Morgan fingerprint density at radius 2 is 1.72 bits per heavy atom. The first-order chi connectivity index (χ1) is 11.8. The van der Waals surface area contributed by atoms with Crippen LogP contribution in [0.3, 0.4) is 0 Å².